The highest BCUT2D eigenvalue weighted by Gasteiger charge is 2.29. The van der Waals surface area contributed by atoms with Crippen LogP contribution in [-0.2, 0) is 10.0 Å². The van der Waals surface area contributed by atoms with E-state index in [0.29, 0.717) is 25.0 Å². The second-order valence-corrected chi connectivity index (χ2v) is 8.52. The molecule has 1 heterocycles. The number of piperidine rings is 1. The molecule has 0 aromatic carbocycles. The molecule has 0 aromatic rings. The van der Waals surface area contributed by atoms with Crippen molar-refractivity contribution in [3.63, 3.8) is 0 Å². The molecule has 1 aliphatic heterocycles. The van der Waals surface area contributed by atoms with Gasteiger partial charge < -0.3 is 5.32 Å². The van der Waals surface area contributed by atoms with Gasteiger partial charge in [0.1, 0.15) is 0 Å². The van der Waals surface area contributed by atoms with Gasteiger partial charge in [0.2, 0.25) is 10.0 Å². The molecule has 5 nitrogen and oxygen atoms in total. The zero-order valence-electron chi connectivity index (χ0n) is 13.0. The summed E-state index contributed by atoms with van der Waals surface area (Å²) >= 11 is 0. The van der Waals surface area contributed by atoms with Gasteiger partial charge in [-0.1, -0.05) is 0 Å². The maximum Gasteiger partial charge on any atom is 0.211 e. The summed E-state index contributed by atoms with van der Waals surface area (Å²) in [7, 11) is -0.815. The minimum Gasteiger partial charge on any atom is -0.315 e. The molecule has 0 amide bonds. The molecule has 0 radical (unpaired) electrons. The Kier molecular flexibility index (Phi) is 5.45. The first-order valence-corrected chi connectivity index (χ1v) is 9.60. The van der Waals surface area contributed by atoms with E-state index in [1.807, 2.05) is 0 Å². The molecule has 2 fully saturated rings. The van der Waals surface area contributed by atoms with Crippen molar-refractivity contribution in [2.45, 2.75) is 44.7 Å². The lowest BCUT2D eigenvalue weighted by atomic mass is 9.99. The van der Waals surface area contributed by atoms with Gasteiger partial charge in [-0.25, -0.2) is 12.7 Å². The van der Waals surface area contributed by atoms with E-state index in [9.17, 15) is 8.42 Å². The van der Waals surface area contributed by atoms with Crippen molar-refractivity contribution in [1.82, 2.24) is 14.5 Å². The fourth-order valence-corrected chi connectivity index (χ4v) is 3.92. The Morgan fingerprint density at radius 1 is 1.35 bits per heavy atom. The fraction of sp³-hybridized carbons (Fsp3) is 1.00. The zero-order chi connectivity index (χ0) is 14.8. The van der Waals surface area contributed by atoms with Gasteiger partial charge in [-0.2, -0.15) is 0 Å². The molecule has 0 spiro atoms. The number of hydrogen-bond donors (Lipinski definition) is 1. The van der Waals surface area contributed by atoms with Gasteiger partial charge >= 0.3 is 0 Å². The predicted molar refractivity (Wildman–Crippen MR) is 82.3 cm³/mol. The zero-order valence-corrected chi connectivity index (χ0v) is 13.8. The van der Waals surface area contributed by atoms with Crippen molar-refractivity contribution in [2.24, 2.45) is 5.92 Å². The molecule has 0 bridgehead atoms. The highest BCUT2D eigenvalue weighted by Crippen LogP contribution is 2.26. The summed E-state index contributed by atoms with van der Waals surface area (Å²) in [5.41, 5.74) is 0. The third-order valence-corrected chi connectivity index (χ3v) is 5.91. The van der Waals surface area contributed by atoms with Gasteiger partial charge in [-0.05, 0) is 52.1 Å². The summed E-state index contributed by atoms with van der Waals surface area (Å²) in [6, 6.07) is 1.35. The van der Waals surface area contributed by atoms with Crippen LogP contribution in [0.4, 0.5) is 0 Å². The van der Waals surface area contributed by atoms with Crippen molar-refractivity contribution in [3.05, 3.63) is 0 Å². The van der Waals surface area contributed by atoms with Gasteiger partial charge in [0.05, 0.1) is 6.26 Å². The van der Waals surface area contributed by atoms with Crippen LogP contribution in [0.3, 0.4) is 0 Å². The predicted octanol–water partition coefficient (Wildman–Crippen LogP) is 0.730. The molecule has 1 saturated carbocycles. The van der Waals surface area contributed by atoms with E-state index < -0.39 is 10.0 Å². The van der Waals surface area contributed by atoms with Gasteiger partial charge in [0.15, 0.2) is 0 Å². The minimum absolute atomic E-state index is 0.455. The Labute approximate surface area is 123 Å². The first-order valence-electron chi connectivity index (χ1n) is 7.75. The first kappa shape index (κ1) is 16.2. The molecular weight excluding hydrogens is 274 g/mol. The van der Waals surface area contributed by atoms with E-state index in [-0.39, 0.29) is 0 Å². The standard InChI is InChI=1S/C14H29N3O2S/c1-12(16(2)14-6-7-14)9-15-10-13-5-4-8-17(11-13)20(3,18)19/h12-15H,4-11H2,1-3H3. The largest absolute Gasteiger partial charge is 0.315 e. The summed E-state index contributed by atoms with van der Waals surface area (Å²) in [4.78, 5) is 2.46. The smallest absolute Gasteiger partial charge is 0.211 e. The Morgan fingerprint density at radius 2 is 2.05 bits per heavy atom. The molecule has 118 valence electrons. The van der Waals surface area contributed by atoms with E-state index in [2.05, 4.69) is 24.2 Å². The average molecular weight is 303 g/mol. The fourth-order valence-electron chi connectivity index (χ4n) is 2.98. The van der Waals surface area contributed by atoms with Crippen molar-refractivity contribution in [1.29, 1.82) is 0 Å². The van der Waals surface area contributed by atoms with E-state index in [1.165, 1.54) is 19.1 Å². The van der Waals surface area contributed by atoms with Crippen LogP contribution in [0.15, 0.2) is 0 Å². The quantitative estimate of drug-likeness (QED) is 0.753. The molecule has 20 heavy (non-hydrogen) atoms. The van der Waals surface area contributed by atoms with Gasteiger partial charge in [-0.15, -0.1) is 0 Å². The summed E-state index contributed by atoms with van der Waals surface area (Å²) in [6.07, 6.45) is 6.11. The molecular formula is C14H29N3O2S. The number of sulfonamides is 1. The van der Waals surface area contributed by atoms with Crippen LogP contribution < -0.4 is 5.32 Å². The molecule has 1 aliphatic carbocycles. The van der Waals surface area contributed by atoms with Gasteiger partial charge in [0, 0.05) is 31.7 Å². The Bertz CT molecular complexity index is 409. The second kappa shape index (κ2) is 6.73. The van der Waals surface area contributed by atoms with Crippen molar-refractivity contribution in [3.8, 4) is 0 Å². The molecule has 2 aliphatic rings. The monoisotopic (exact) mass is 303 g/mol. The topological polar surface area (TPSA) is 52.7 Å². The van der Waals surface area contributed by atoms with Crippen LogP contribution >= 0.6 is 0 Å². The maximum absolute atomic E-state index is 11.6. The van der Waals surface area contributed by atoms with E-state index in [4.69, 9.17) is 0 Å². The van der Waals surface area contributed by atoms with Crippen molar-refractivity contribution >= 4 is 10.0 Å². The second-order valence-electron chi connectivity index (χ2n) is 6.53. The van der Waals surface area contributed by atoms with Gasteiger partial charge in [-0.3, -0.25) is 4.90 Å². The van der Waals surface area contributed by atoms with Crippen LogP contribution in [-0.4, -0.2) is 69.2 Å². The number of hydrogen-bond acceptors (Lipinski definition) is 4. The van der Waals surface area contributed by atoms with Crippen LogP contribution in [0.2, 0.25) is 0 Å². The Morgan fingerprint density at radius 3 is 2.65 bits per heavy atom. The average Bonchev–Trinajstić information content (AvgIpc) is 3.21. The third-order valence-electron chi connectivity index (χ3n) is 4.64. The number of rotatable bonds is 7. The molecule has 1 N–H and O–H groups in total. The molecule has 1 saturated heterocycles. The number of nitrogens with zero attached hydrogens (tertiary/aromatic N) is 2. The maximum atomic E-state index is 11.6. The van der Waals surface area contributed by atoms with Crippen molar-refractivity contribution < 1.29 is 8.42 Å². The summed E-state index contributed by atoms with van der Waals surface area (Å²) in [5.74, 6) is 0.455. The number of likely N-dealkylation sites (N-methyl/N-ethyl adjacent to an activating group) is 1. The lowest BCUT2D eigenvalue weighted by Gasteiger charge is -2.32. The summed E-state index contributed by atoms with van der Waals surface area (Å²) < 4.78 is 24.8. The Balaban J connectivity index is 1.68. The molecule has 2 atom stereocenters. The number of nitrogens with one attached hydrogen (secondary N) is 1. The first-order chi connectivity index (χ1) is 9.38. The minimum atomic E-state index is -3.02. The molecule has 2 rings (SSSR count). The van der Waals surface area contributed by atoms with E-state index in [1.54, 1.807) is 4.31 Å². The van der Waals surface area contributed by atoms with Crippen LogP contribution in [0, 0.1) is 5.92 Å². The SMILES string of the molecule is CC(CNCC1CCCN(S(C)(=O)=O)C1)N(C)C1CC1. The van der Waals surface area contributed by atoms with E-state index in [0.717, 1.165) is 32.0 Å². The highest BCUT2D eigenvalue weighted by atomic mass is 32.2. The lowest BCUT2D eigenvalue weighted by Crippen LogP contribution is -2.45. The normalized spacial score (nSPS) is 26.9. The highest BCUT2D eigenvalue weighted by molar-refractivity contribution is 7.88. The summed E-state index contributed by atoms with van der Waals surface area (Å²) in [5, 5.41) is 3.53. The lowest BCUT2D eigenvalue weighted by molar-refractivity contribution is 0.225. The molecule has 0 aromatic heterocycles. The van der Waals surface area contributed by atoms with E-state index >= 15 is 0 Å². The van der Waals surface area contributed by atoms with Gasteiger partial charge in [0.25, 0.3) is 0 Å². The summed E-state index contributed by atoms with van der Waals surface area (Å²) in [6.45, 7) is 5.54. The molecule has 2 unspecified atom stereocenters. The molecule has 6 heteroatoms. The third kappa shape index (κ3) is 4.69. The van der Waals surface area contributed by atoms with Crippen molar-refractivity contribution in [2.75, 3.05) is 39.5 Å². The van der Waals surface area contributed by atoms with Crippen LogP contribution in [0.1, 0.15) is 32.6 Å². The van der Waals surface area contributed by atoms with Crippen LogP contribution in [0.25, 0.3) is 0 Å². The Hall–Kier alpha value is -0.170. The van der Waals surface area contributed by atoms with Crippen LogP contribution in [0.5, 0.6) is 0 Å².